The smallest absolute Gasteiger partial charge is 0.291 e. The first kappa shape index (κ1) is 20.9. The molecule has 0 spiro atoms. The summed E-state index contributed by atoms with van der Waals surface area (Å²) in [4.78, 5) is 12.6. The second-order valence-corrected chi connectivity index (χ2v) is 7.80. The van der Waals surface area contributed by atoms with Crippen molar-refractivity contribution in [3.63, 3.8) is 0 Å². The van der Waals surface area contributed by atoms with Gasteiger partial charge >= 0.3 is 0 Å². The van der Waals surface area contributed by atoms with Crippen molar-refractivity contribution < 1.29 is 14.3 Å². The fraction of sp³-hybridized carbons (Fsp3) is 0.320. The van der Waals surface area contributed by atoms with Crippen molar-refractivity contribution in [3.05, 3.63) is 86.9 Å². The number of anilines is 1. The van der Waals surface area contributed by atoms with Crippen LogP contribution >= 0.6 is 0 Å². The Kier molecular flexibility index (Phi) is 5.94. The van der Waals surface area contributed by atoms with Gasteiger partial charge in [-0.15, -0.1) is 0 Å². The van der Waals surface area contributed by atoms with Crippen LogP contribution in [0.1, 0.15) is 68.3 Å². The summed E-state index contributed by atoms with van der Waals surface area (Å²) in [6, 6.07) is 10.8. The number of amides is 1. The number of aliphatic hydroxyl groups is 1. The van der Waals surface area contributed by atoms with Gasteiger partial charge in [-0.05, 0) is 105 Å². The molecule has 1 aromatic heterocycles. The summed E-state index contributed by atoms with van der Waals surface area (Å²) in [5.41, 5.74) is 9.16. The number of benzene rings is 2. The van der Waals surface area contributed by atoms with Gasteiger partial charge in [-0.25, -0.2) is 0 Å². The standard InChI is InChI=1S/C25H29NO3/c1-14-15(2)17(4)23(18(5)16(14)3)13-22-10-11-24(29-22)25(28)26-21-9-7-8-20(12-21)19(6)27/h7-12,19,27H,13H2,1-6H3,(H,26,28). The fourth-order valence-corrected chi connectivity index (χ4v) is 3.68. The van der Waals surface area contributed by atoms with Gasteiger partial charge in [-0.3, -0.25) is 4.79 Å². The molecule has 1 unspecified atom stereocenters. The summed E-state index contributed by atoms with van der Waals surface area (Å²) < 4.78 is 5.86. The normalized spacial score (nSPS) is 12.1. The molecule has 0 fully saturated rings. The zero-order chi connectivity index (χ0) is 21.3. The Morgan fingerprint density at radius 1 is 0.966 bits per heavy atom. The lowest BCUT2D eigenvalue weighted by atomic mass is 9.88. The Hall–Kier alpha value is -2.85. The van der Waals surface area contributed by atoms with E-state index in [0.29, 0.717) is 12.1 Å². The molecule has 1 amide bonds. The molecule has 1 heterocycles. The van der Waals surface area contributed by atoms with Crippen molar-refractivity contribution in [2.45, 2.75) is 54.1 Å². The van der Waals surface area contributed by atoms with Crippen LogP contribution in [-0.2, 0) is 6.42 Å². The Balaban J connectivity index is 1.80. The third kappa shape index (κ3) is 4.28. The third-order valence-electron chi connectivity index (χ3n) is 6.02. The Labute approximate surface area is 172 Å². The fourth-order valence-electron chi connectivity index (χ4n) is 3.68. The van der Waals surface area contributed by atoms with Gasteiger partial charge < -0.3 is 14.8 Å². The Morgan fingerprint density at radius 3 is 2.21 bits per heavy atom. The maximum Gasteiger partial charge on any atom is 0.291 e. The molecule has 29 heavy (non-hydrogen) atoms. The lowest BCUT2D eigenvalue weighted by Crippen LogP contribution is -2.11. The number of hydrogen-bond donors (Lipinski definition) is 2. The van der Waals surface area contributed by atoms with Crippen molar-refractivity contribution in [2.75, 3.05) is 5.32 Å². The minimum absolute atomic E-state index is 0.276. The van der Waals surface area contributed by atoms with Crippen molar-refractivity contribution in [1.82, 2.24) is 0 Å². The molecule has 0 saturated carbocycles. The first-order valence-corrected chi connectivity index (χ1v) is 9.93. The molecule has 0 bridgehead atoms. The molecule has 2 aromatic carbocycles. The average molecular weight is 392 g/mol. The highest BCUT2D eigenvalue weighted by Gasteiger charge is 2.16. The van der Waals surface area contributed by atoms with Crippen molar-refractivity contribution >= 4 is 11.6 Å². The number of rotatable bonds is 5. The van der Waals surface area contributed by atoms with E-state index in [0.717, 1.165) is 11.3 Å². The Bertz CT molecular complexity index is 1030. The molecule has 0 radical (unpaired) electrons. The molecule has 0 aliphatic heterocycles. The molecule has 152 valence electrons. The summed E-state index contributed by atoms with van der Waals surface area (Å²) in [6.07, 6.45) is 0.0692. The largest absolute Gasteiger partial charge is 0.456 e. The summed E-state index contributed by atoms with van der Waals surface area (Å²) >= 11 is 0. The molecule has 4 heteroatoms. The summed E-state index contributed by atoms with van der Waals surface area (Å²) in [7, 11) is 0. The van der Waals surface area contributed by atoms with E-state index in [9.17, 15) is 9.90 Å². The number of carbonyl (C=O) groups excluding carboxylic acids is 1. The van der Waals surface area contributed by atoms with E-state index < -0.39 is 6.10 Å². The van der Waals surface area contributed by atoms with Crippen LogP contribution in [0, 0.1) is 34.6 Å². The molecule has 3 aromatic rings. The number of nitrogens with one attached hydrogen (secondary N) is 1. The minimum atomic E-state index is -0.588. The maximum absolute atomic E-state index is 12.6. The van der Waals surface area contributed by atoms with Gasteiger partial charge in [-0.1, -0.05) is 12.1 Å². The molecule has 2 N–H and O–H groups in total. The summed E-state index contributed by atoms with van der Waals surface area (Å²) in [6.45, 7) is 12.5. The number of hydrogen-bond acceptors (Lipinski definition) is 3. The topological polar surface area (TPSA) is 62.5 Å². The summed E-state index contributed by atoms with van der Waals surface area (Å²) in [5.74, 6) is 0.740. The predicted molar refractivity (Wildman–Crippen MR) is 117 cm³/mol. The lowest BCUT2D eigenvalue weighted by molar-refractivity contribution is 0.0995. The number of aliphatic hydroxyl groups excluding tert-OH is 1. The second kappa shape index (κ2) is 8.26. The van der Waals surface area contributed by atoms with Gasteiger partial charge in [0.2, 0.25) is 0 Å². The maximum atomic E-state index is 12.6. The van der Waals surface area contributed by atoms with Gasteiger partial charge in [-0.2, -0.15) is 0 Å². The highest BCUT2D eigenvalue weighted by atomic mass is 16.3. The van der Waals surface area contributed by atoms with Gasteiger partial charge in [0, 0.05) is 12.1 Å². The molecular formula is C25H29NO3. The van der Waals surface area contributed by atoms with Crippen LogP contribution in [0.2, 0.25) is 0 Å². The van der Waals surface area contributed by atoms with Gasteiger partial charge in [0.15, 0.2) is 5.76 Å². The van der Waals surface area contributed by atoms with Crippen LogP contribution < -0.4 is 5.32 Å². The summed E-state index contributed by atoms with van der Waals surface area (Å²) in [5, 5.41) is 12.5. The highest BCUT2D eigenvalue weighted by molar-refractivity contribution is 6.02. The van der Waals surface area contributed by atoms with Crippen molar-refractivity contribution in [3.8, 4) is 0 Å². The molecular weight excluding hydrogens is 362 g/mol. The minimum Gasteiger partial charge on any atom is -0.456 e. The van der Waals surface area contributed by atoms with Crippen LogP contribution in [-0.4, -0.2) is 11.0 Å². The molecule has 4 nitrogen and oxygen atoms in total. The van der Waals surface area contributed by atoms with E-state index >= 15 is 0 Å². The zero-order valence-corrected chi connectivity index (χ0v) is 18.0. The SMILES string of the molecule is Cc1c(C)c(C)c(Cc2ccc(C(=O)Nc3cccc(C(C)O)c3)o2)c(C)c1C. The Morgan fingerprint density at radius 2 is 1.59 bits per heavy atom. The van der Waals surface area contributed by atoms with Crippen molar-refractivity contribution in [1.29, 1.82) is 0 Å². The van der Waals surface area contributed by atoms with E-state index in [1.54, 1.807) is 31.2 Å². The lowest BCUT2D eigenvalue weighted by Gasteiger charge is -2.18. The van der Waals surface area contributed by atoms with Gasteiger partial charge in [0.05, 0.1) is 6.10 Å². The first-order valence-electron chi connectivity index (χ1n) is 9.93. The van der Waals surface area contributed by atoms with E-state index in [4.69, 9.17) is 4.42 Å². The molecule has 3 rings (SSSR count). The highest BCUT2D eigenvalue weighted by Crippen LogP contribution is 2.28. The van der Waals surface area contributed by atoms with Crippen molar-refractivity contribution in [2.24, 2.45) is 0 Å². The van der Waals surface area contributed by atoms with Crippen LogP contribution in [0.5, 0.6) is 0 Å². The first-order chi connectivity index (χ1) is 13.7. The quantitative estimate of drug-likeness (QED) is 0.585. The van der Waals surface area contributed by atoms with Crippen LogP contribution in [0.4, 0.5) is 5.69 Å². The molecule has 0 aliphatic rings. The average Bonchev–Trinajstić information content (AvgIpc) is 3.17. The number of carbonyl (C=O) groups is 1. The molecule has 0 saturated heterocycles. The van der Waals surface area contributed by atoms with Gasteiger partial charge in [0.25, 0.3) is 5.91 Å². The zero-order valence-electron chi connectivity index (χ0n) is 18.0. The van der Waals surface area contributed by atoms with E-state index in [2.05, 4.69) is 39.9 Å². The predicted octanol–water partition coefficient (Wildman–Crippen LogP) is 5.72. The monoisotopic (exact) mass is 391 g/mol. The second-order valence-electron chi connectivity index (χ2n) is 7.80. The molecule has 1 atom stereocenters. The van der Waals surface area contributed by atoms with E-state index in [1.165, 1.54) is 33.4 Å². The van der Waals surface area contributed by atoms with E-state index in [-0.39, 0.29) is 11.7 Å². The van der Waals surface area contributed by atoms with E-state index in [1.807, 2.05) is 12.1 Å². The number of furan rings is 1. The van der Waals surface area contributed by atoms with Crippen LogP contribution in [0.25, 0.3) is 0 Å². The van der Waals surface area contributed by atoms with Gasteiger partial charge in [0.1, 0.15) is 5.76 Å². The molecule has 0 aliphatic carbocycles. The van der Waals surface area contributed by atoms with Crippen LogP contribution in [0.3, 0.4) is 0 Å². The van der Waals surface area contributed by atoms with Crippen LogP contribution in [0.15, 0.2) is 40.8 Å². The third-order valence-corrected chi connectivity index (χ3v) is 6.02.